The van der Waals surface area contributed by atoms with E-state index in [1.807, 2.05) is 37.3 Å². The summed E-state index contributed by atoms with van der Waals surface area (Å²) in [6.45, 7) is 4.11. The highest BCUT2D eigenvalue weighted by Gasteiger charge is 2.43. The maximum Gasteiger partial charge on any atom is 0.416 e. The summed E-state index contributed by atoms with van der Waals surface area (Å²) in [4.78, 5) is 13.0. The number of rotatable bonds is 4. The van der Waals surface area contributed by atoms with Gasteiger partial charge in [0.25, 0.3) is 0 Å². The van der Waals surface area contributed by atoms with Crippen molar-refractivity contribution in [3.63, 3.8) is 0 Å². The Morgan fingerprint density at radius 2 is 1.92 bits per heavy atom. The second-order valence-electron chi connectivity index (χ2n) is 5.91. The van der Waals surface area contributed by atoms with Crippen LogP contribution in [-0.4, -0.2) is 12.9 Å². The first kappa shape index (κ1) is 17.5. The molecule has 5 nitrogen and oxygen atoms in total. The summed E-state index contributed by atoms with van der Waals surface area (Å²) in [6.07, 6.45) is 0. The van der Waals surface area contributed by atoms with Crippen molar-refractivity contribution in [1.82, 2.24) is 5.32 Å². The molecule has 1 unspecified atom stereocenters. The number of nitrogens with one attached hydrogen (secondary N) is 1. The topological polar surface area (TPSA) is 64.6 Å². The molecule has 0 amide bonds. The fourth-order valence-electron chi connectivity index (χ4n) is 2.75. The van der Waals surface area contributed by atoms with Gasteiger partial charge in [0.05, 0.1) is 5.56 Å². The molecule has 0 radical (unpaired) electrons. The number of benzene rings is 2. The number of hydrogen-bond acceptors (Lipinski definition) is 5. The first-order valence-corrected chi connectivity index (χ1v) is 9.49. The molecule has 3 rings (SSSR count). The Hall–Kier alpha value is -2.36. The van der Waals surface area contributed by atoms with E-state index in [4.69, 9.17) is 9.05 Å². The van der Waals surface area contributed by atoms with E-state index in [0.29, 0.717) is 23.6 Å². The van der Waals surface area contributed by atoms with Crippen LogP contribution in [0.2, 0.25) is 0 Å². The second kappa shape index (κ2) is 6.87. The van der Waals surface area contributed by atoms with E-state index in [9.17, 15) is 9.36 Å². The summed E-state index contributed by atoms with van der Waals surface area (Å²) in [7, 11) is -2.43. The maximum atomic E-state index is 13.1. The van der Waals surface area contributed by atoms with Crippen LogP contribution >= 0.6 is 7.60 Å². The van der Waals surface area contributed by atoms with Crippen LogP contribution in [-0.2, 0) is 15.6 Å². The molecule has 0 bridgehead atoms. The summed E-state index contributed by atoms with van der Waals surface area (Å²) >= 11 is 0. The molecule has 1 N–H and O–H groups in total. The van der Waals surface area contributed by atoms with Crippen molar-refractivity contribution in [3.8, 4) is 5.75 Å². The highest BCUT2D eigenvalue weighted by molar-refractivity contribution is 7.60. The number of hydrogen-bond donors (Lipinski definition) is 1. The number of aryl methyl sites for hydroxylation is 1. The summed E-state index contributed by atoms with van der Waals surface area (Å²) in [5.41, 5.74) is 2.87. The van der Waals surface area contributed by atoms with Gasteiger partial charge in [-0.1, -0.05) is 42.0 Å². The molecule has 0 saturated heterocycles. The Balaban J connectivity index is 1.99. The number of ketones is 1. The van der Waals surface area contributed by atoms with Crippen LogP contribution in [0.5, 0.6) is 5.75 Å². The standard InChI is InChI=1S/C19H20NO4P/c1-13-9-10-17-16(11-13)18(21)19(25(22,23-3)24-17)14(2)20-12-15-7-5-4-6-8-15/h4-11,20H,12H2,1-3H3/b19-14+. The zero-order valence-corrected chi connectivity index (χ0v) is 15.3. The molecule has 2 aromatic rings. The van der Waals surface area contributed by atoms with E-state index in [1.165, 1.54) is 7.11 Å². The molecule has 1 aliphatic heterocycles. The molecule has 6 heteroatoms. The largest absolute Gasteiger partial charge is 0.420 e. The van der Waals surface area contributed by atoms with E-state index in [0.717, 1.165) is 11.1 Å². The molecule has 1 aliphatic rings. The van der Waals surface area contributed by atoms with Gasteiger partial charge >= 0.3 is 7.60 Å². The Morgan fingerprint density at radius 3 is 2.60 bits per heavy atom. The summed E-state index contributed by atoms with van der Waals surface area (Å²) in [6, 6.07) is 14.9. The van der Waals surface area contributed by atoms with Crippen LogP contribution < -0.4 is 9.84 Å². The number of allylic oxidation sites excluding steroid dienone is 2. The molecule has 2 aromatic carbocycles. The van der Waals surface area contributed by atoms with Crippen molar-refractivity contribution < 1.29 is 18.4 Å². The molecule has 0 aliphatic carbocycles. The second-order valence-corrected chi connectivity index (χ2v) is 7.90. The number of carbonyl (C=O) groups is 1. The van der Waals surface area contributed by atoms with Crippen molar-refractivity contribution in [2.75, 3.05) is 7.11 Å². The molecule has 0 spiro atoms. The van der Waals surface area contributed by atoms with Gasteiger partial charge in [-0.05, 0) is 31.5 Å². The van der Waals surface area contributed by atoms with Crippen molar-refractivity contribution in [2.24, 2.45) is 0 Å². The lowest BCUT2D eigenvalue weighted by Gasteiger charge is -2.27. The fourth-order valence-corrected chi connectivity index (χ4v) is 4.37. The van der Waals surface area contributed by atoms with Crippen LogP contribution in [0.15, 0.2) is 59.5 Å². The highest BCUT2D eigenvalue weighted by Crippen LogP contribution is 2.60. The van der Waals surface area contributed by atoms with Crippen molar-refractivity contribution in [3.05, 3.63) is 76.2 Å². The van der Waals surface area contributed by atoms with Crippen LogP contribution in [0.3, 0.4) is 0 Å². The molecule has 1 atom stereocenters. The average molecular weight is 357 g/mol. The lowest BCUT2D eigenvalue weighted by atomic mass is 10.1. The molecule has 0 aromatic heterocycles. The monoisotopic (exact) mass is 357 g/mol. The predicted octanol–water partition coefficient (Wildman–Crippen LogP) is 4.43. The average Bonchev–Trinajstić information content (AvgIpc) is 2.62. The highest BCUT2D eigenvalue weighted by atomic mass is 31.2. The van der Waals surface area contributed by atoms with E-state index < -0.39 is 7.60 Å². The number of fused-ring (bicyclic) bond motifs is 1. The first-order chi connectivity index (χ1) is 11.9. The molecule has 0 fully saturated rings. The molecule has 0 saturated carbocycles. The minimum atomic E-state index is -3.72. The van der Waals surface area contributed by atoms with Crippen molar-refractivity contribution in [1.29, 1.82) is 0 Å². The predicted molar refractivity (Wildman–Crippen MR) is 96.7 cm³/mol. The van der Waals surface area contributed by atoms with Gasteiger partial charge < -0.3 is 9.84 Å². The van der Waals surface area contributed by atoms with Gasteiger partial charge in [0.2, 0.25) is 5.78 Å². The summed E-state index contributed by atoms with van der Waals surface area (Å²) in [5.74, 6) is -0.0337. The van der Waals surface area contributed by atoms with E-state index >= 15 is 0 Å². The Labute approximate surface area is 147 Å². The lowest BCUT2D eigenvalue weighted by molar-refractivity contribution is 0.102. The third kappa shape index (κ3) is 3.39. The van der Waals surface area contributed by atoms with Gasteiger partial charge in [-0.15, -0.1) is 0 Å². The quantitative estimate of drug-likeness (QED) is 0.648. The van der Waals surface area contributed by atoms with E-state index in [1.54, 1.807) is 25.1 Å². The van der Waals surface area contributed by atoms with Crippen LogP contribution in [0.25, 0.3) is 0 Å². The van der Waals surface area contributed by atoms with Gasteiger partial charge in [0.1, 0.15) is 11.1 Å². The molecule has 25 heavy (non-hydrogen) atoms. The smallest absolute Gasteiger partial charge is 0.416 e. The third-order valence-corrected chi connectivity index (χ3v) is 6.09. The van der Waals surface area contributed by atoms with Gasteiger partial charge in [-0.2, -0.15) is 0 Å². The van der Waals surface area contributed by atoms with E-state index in [2.05, 4.69) is 5.32 Å². The van der Waals surface area contributed by atoms with E-state index in [-0.39, 0.29) is 11.1 Å². The van der Waals surface area contributed by atoms with Crippen LogP contribution in [0, 0.1) is 6.92 Å². The lowest BCUT2D eigenvalue weighted by Crippen LogP contribution is -2.22. The molecular formula is C19H20NO4P. The Kier molecular flexibility index (Phi) is 4.80. The Morgan fingerprint density at radius 1 is 1.20 bits per heavy atom. The van der Waals surface area contributed by atoms with Gasteiger partial charge in [0, 0.05) is 19.4 Å². The number of Topliss-reactive ketones (excluding diaryl/α,β-unsaturated/α-hetero) is 1. The van der Waals surface area contributed by atoms with Gasteiger partial charge in [-0.25, -0.2) is 4.57 Å². The Bertz CT molecular complexity index is 890. The van der Waals surface area contributed by atoms with Crippen molar-refractivity contribution >= 4 is 13.4 Å². The zero-order chi connectivity index (χ0) is 18.0. The van der Waals surface area contributed by atoms with Gasteiger partial charge in [-0.3, -0.25) is 9.32 Å². The first-order valence-electron chi connectivity index (χ1n) is 7.94. The minimum Gasteiger partial charge on any atom is -0.420 e. The fraction of sp³-hybridized carbons (Fsp3) is 0.211. The SMILES string of the molecule is COP1(=O)Oc2ccc(C)cc2C(=O)/C1=C(/C)NCc1ccccc1. The normalized spacial score (nSPS) is 21.3. The zero-order valence-electron chi connectivity index (χ0n) is 14.4. The third-order valence-electron chi connectivity index (χ3n) is 4.08. The van der Waals surface area contributed by atoms with Crippen molar-refractivity contribution in [2.45, 2.75) is 20.4 Å². The number of carbonyl (C=O) groups excluding carboxylic acids is 1. The minimum absolute atomic E-state index is 0.0593. The molecule has 1 heterocycles. The molecular weight excluding hydrogens is 337 g/mol. The maximum absolute atomic E-state index is 13.1. The summed E-state index contributed by atoms with van der Waals surface area (Å²) < 4.78 is 23.8. The molecule has 130 valence electrons. The summed E-state index contributed by atoms with van der Waals surface area (Å²) in [5, 5.41) is 3.22. The van der Waals surface area contributed by atoms with Crippen LogP contribution in [0.4, 0.5) is 0 Å². The van der Waals surface area contributed by atoms with Crippen LogP contribution in [0.1, 0.15) is 28.4 Å². The van der Waals surface area contributed by atoms with Gasteiger partial charge in [0.15, 0.2) is 0 Å².